The molecule has 0 aromatic carbocycles. The summed E-state index contributed by atoms with van der Waals surface area (Å²) in [5, 5.41) is 0. The van der Waals surface area contributed by atoms with E-state index in [2.05, 4.69) is 0 Å². The van der Waals surface area contributed by atoms with Gasteiger partial charge in [-0.25, -0.2) is 0 Å². The van der Waals surface area contributed by atoms with Gasteiger partial charge in [-0.05, 0) is 43.5 Å². The average molecular weight is 234 g/mol. The maximum Gasteiger partial charge on any atom is 0.246 e. The Bertz CT molecular complexity index is 384. The van der Waals surface area contributed by atoms with Crippen LogP contribution in [0.5, 0.6) is 0 Å². The van der Waals surface area contributed by atoms with E-state index >= 15 is 0 Å². The second-order valence-corrected chi connectivity index (χ2v) is 4.38. The van der Waals surface area contributed by atoms with Gasteiger partial charge in [0.15, 0.2) is 0 Å². The van der Waals surface area contributed by atoms with Gasteiger partial charge in [0, 0.05) is 19.2 Å². The summed E-state index contributed by atoms with van der Waals surface area (Å²) in [7, 11) is 0. The van der Waals surface area contributed by atoms with Crippen LogP contribution in [0.15, 0.2) is 28.9 Å². The van der Waals surface area contributed by atoms with Crippen molar-refractivity contribution in [2.45, 2.75) is 12.8 Å². The Balaban J connectivity index is 1.91. The fraction of sp³-hybridized carbons (Fsp3) is 0.462. The Hall–Kier alpha value is -1.55. The number of hydrogen-bond donors (Lipinski definition) is 1. The minimum atomic E-state index is 0.0413. The van der Waals surface area contributed by atoms with E-state index in [-0.39, 0.29) is 5.91 Å². The normalized spacial score (nSPS) is 21.0. The second-order valence-electron chi connectivity index (χ2n) is 4.38. The van der Waals surface area contributed by atoms with Gasteiger partial charge in [0.25, 0.3) is 0 Å². The summed E-state index contributed by atoms with van der Waals surface area (Å²) < 4.78 is 5.14. The number of hydrogen-bond acceptors (Lipinski definition) is 3. The van der Waals surface area contributed by atoms with Crippen LogP contribution < -0.4 is 5.73 Å². The van der Waals surface area contributed by atoms with Crippen LogP contribution in [0, 0.1) is 5.92 Å². The van der Waals surface area contributed by atoms with Gasteiger partial charge in [-0.1, -0.05) is 0 Å². The van der Waals surface area contributed by atoms with Gasteiger partial charge < -0.3 is 15.1 Å². The molecule has 1 amide bonds. The van der Waals surface area contributed by atoms with E-state index in [4.69, 9.17) is 10.2 Å². The molecule has 1 aliphatic rings. The van der Waals surface area contributed by atoms with Gasteiger partial charge in [-0.15, -0.1) is 0 Å². The summed E-state index contributed by atoms with van der Waals surface area (Å²) in [6.45, 7) is 2.27. The maximum atomic E-state index is 11.9. The first-order valence-electron chi connectivity index (χ1n) is 6.00. The number of nitrogens with two attached hydrogens (primary N) is 1. The topological polar surface area (TPSA) is 59.5 Å². The predicted molar refractivity (Wildman–Crippen MR) is 66.1 cm³/mol. The van der Waals surface area contributed by atoms with Gasteiger partial charge in [0.1, 0.15) is 5.76 Å². The van der Waals surface area contributed by atoms with Crippen LogP contribution in [0.3, 0.4) is 0 Å². The van der Waals surface area contributed by atoms with Crippen LogP contribution >= 0.6 is 0 Å². The highest BCUT2D eigenvalue weighted by molar-refractivity contribution is 5.91. The Morgan fingerprint density at radius 2 is 2.53 bits per heavy atom. The van der Waals surface area contributed by atoms with Crippen molar-refractivity contribution in [1.82, 2.24) is 4.90 Å². The number of nitrogens with zero attached hydrogens (tertiary/aromatic N) is 1. The summed E-state index contributed by atoms with van der Waals surface area (Å²) in [6, 6.07) is 3.62. The predicted octanol–water partition coefficient (Wildman–Crippen LogP) is 1.49. The molecule has 1 aromatic rings. The number of likely N-dealkylation sites (tertiary alicyclic amines) is 1. The second kappa shape index (κ2) is 5.68. The highest BCUT2D eigenvalue weighted by Gasteiger charge is 2.21. The quantitative estimate of drug-likeness (QED) is 0.806. The molecule has 0 bridgehead atoms. The van der Waals surface area contributed by atoms with Crippen molar-refractivity contribution >= 4 is 12.0 Å². The molecule has 2 N–H and O–H groups in total. The summed E-state index contributed by atoms with van der Waals surface area (Å²) >= 11 is 0. The number of piperidine rings is 1. The van der Waals surface area contributed by atoms with Crippen molar-refractivity contribution < 1.29 is 9.21 Å². The molecule has 4 nitrogen and oxygen atoms in total. The SMILES string of the molecule is NCC1CCCN(C(=O)C=Cc2ccco2)C1. The molecule has 1 fully saturated rings. The molecule has 4 heteroatoms. The number of amides is 1. The van der Waals surface area contributed by atoms with Crippen molar-refractivity contribution in [3.8, 4) is 0 Å². The molecule has 1 unspecified atom stereocenters. The van der Waals surface area contributed by atoms with E-state index < -0.39 is 0 Å². The molecule has 17 heavy (non-hydrogen) atoms. The standard InChI is InChI=1S/C13H18N2O2/c14-9-11-3-1-7-15(10-11)13(16)6-5-12-4-2-8-17-12/h2,4-6,8,11H,1,3,7,9-10,14H2. The largest absolute Gasteiger partial charge is 0.465 e. The van der Waals surface area contributed by atoms with Crippen molar-refractivity contribution in [3.63, 3.8) is 0 Å². The zero-order valence-corrected chi connectivity index (χ0v) is 9.84. The smallest absolute Gasteiger partial charge is 0.246 e. The first-order valence-corrected chi connectivity index (χ1v) is 6.00. The monoisotopic (exact) mass is 234 g/mol. The number of furan rings is 1. The fourth-order valence-electron chi connectivity index (χ4n) is 2.10. The first-order chi connectivity index (χ1) is 8.29. The lowest BCUT2D eigenvalue weighted by molar-refractivity contribution is -0.127. The third kappa shape index (κ3) is 3.20. The lowest BCUT2D eigenvalue weighted by Gasteiger charge is -2.31. The highest BCUT2D eigenvalue weighted by Crippen LogP contribution is 2.15. The third-order valence-electron chi connectivity index (χ3n) is 3.10. The molecule has 0 radical (unpaired) electrons. The zero-order chi connectivity index (χ0) is 12.1. The molecule has 2 rings (SSSR count). The molecule has 1 saturated heterocycles. The first kappa shape index (κ1) is 11.9. The molecule has 1 aliphatic heterocycles. The molecule has 0 spiro atoms. The van der Waals surface area contributed by atoms with E-state index in [1.807, 2.05) is 11.0 Å². The van der Waals surface area contributed by atoms with Crippen molar-refractivity contribution in [2.24, 2.45) is 11.7 Å². The molecular formula is C13H18N2O2. The molecule has 92 valence electrons. The van der Waals surface area contributed by atoms with Gasteiger partial charge in [-0.3, -0.25) is 4.79 Å². The molecule has 1 aromatic heterocycles. The van der Waals surface area contributed by atoms with E-state index in [9.17, 15) is 4.79 Å². The lowest BCUT2D eigenvalue weighted by Crippen LogP contribution is -2.41. The Morgan fingerprint density at radius 1 is 1.65 bits per heavy atom. The van der Waals surface area contributed by atoms with Crippen molar-refractivity contribution in [3.05, 3.63) is 30.2 Å². The van der Waals surface area contributed by atoms with Crippen LogP contribution in [0.25, 0.3) is 6.08 Å². The molecule has 2 heterocycles. The lowest BCUT2D eigenvalue weighted by atomic mass is 9.98. The molecule has 1 atom stereocenters. The van der Waals surface area contributed by atoms with Gasteiger partial charge in [0.05, 0.1) is 6.26 Å². The highest BCUT2D eigenvalue weighted by atomic mass is 16.3. The summed E-state index contributed by atoms with van der Waals surface area (Å²) in [5.41, 5.74) is 5.65. The van der Waals surface area contributed by atoms with Gasteiger partial charge in [0.2, 0.25) is 5.91 Å². The number of carbonyl (C=O) groups is 1. The fourth-order valence-corrected chi connectivity index (χ4v) is 2.10. The van der Waals surface area contributed by atoms with Gasteiger partial charge >= 0.3 is 0 Å². The number of carbonyl (C=O) groups excluding carboxylic acids is 1. The van der Waals surface area contributed by atoms with Crippen LogP contribution in [-0.2, 0) is 4.79 Å². The van der Waals surface area contributed by atoms with E-state index in [0.29, 0.717) is 18.2 Å². The average Bonchev–Trinajstić information content (AvgIpc) is 2.89. The molecule has 0 aliphatic carbocycles. The van der Waals surface area contributed by atoms with Crippen LogP contribution in [-0.4, -0.2) is 30.4 Å². The van der Waals surface area contributed by atoms with Crippen LogP contribution in [0.2, 0.25) is 0 Å². The van der Waals surface area contributed by atoms with Crippen molar-refractivity contribution in [1.29, 1.82) is 0 Å². The number of rotatable bonds is 3. The maximum absolute atomic E-state index is 11.9. The summed E-state index contributed by atoms with van der Waals surface area (Å²) in [6.07, 6.45) is 7.03. The van der Waals surface area contributed by atoms with Crippen LogP contribution in [0.4, 0.5) is 0 Å². The summed E-state index contributed by atoms with van der Waals surface area (Å²) in [4.78, 5) is 13.8. The van der Waals surface area contributed by atoms with Crippen LogP contribution in [0.1, 0.15) is 18.6 Å². The minimum absolute atomic E-state index is 0.0413. The zero-order valence-electron chi connectivity index (χ0n) is 9.84. The third-order valence-corrected chi connectivity index (χ3v) is 3.10. The Morgan fingerprint density at radius 3 is 3.24 bits per heavy atom. The van der Waals surface area contributed by atoms with E-state index in [1.54, 1.807) is 24.5 Å². The Labute approximate surface area is 101 Å². The summed E-state index contributed by atoms with van der Waals surface area (Å²) in [5.74, 6) is 1.19. The molecular weight excluding hydrogens is 216 g/mol. The van der Waals surface area contributed by atoms with E-state index in [1.165, 1.54) is 0 Å². The molecule has 0 saturated carbocycles. The minimum Gasteiger partial charge on any atom is -0.465 e. The van der Waals surface area contributed by atoms with Crippen molar-refractivity contribution in [2.75, 3.05) is 19.6 Å². The Kier molecular flexibility index (Phi) is 3.98. The van der Waals surface area contributed by atoms with Gasteiger partial charge in [-0.2, -0.15) is 0 Å². The van der Waals surface area contributed by atoms with E-state index in [0.717, 1.165) is 25.9 Å².